The van der Waals surface area contributed by atoms with Gasteiger partial charge in [0.15, 0.2) is 11.5 Å². The lowest BCUT2D eigenvalue weighted by Crippen LogP contribution is -1.98. The van der Waals surface area contributed by atoms with Crippen LogP contribution in [0, 0.1) is 6.92 Å². The average Bonchev–Trinajstić information content (AvgIpc) is 3.30. The molecule has 3 heterocycles. The summed E-state index contributed by atoms with van der Waals surface area (Å²) in [6.45, 7) is 2.07. The molecule has 0 aliphatic carbocycles. The maximum absolute atomic E-state index is 5.42. The summed E-state index contributed by atoms with van der Waals surface area (Å²) in [5.74, 6) is 2.31. The van der Waals surface area contributed by atoms with E-state index in [0.29, 0.717) is 11.5 Å². The molecular weight excluding hydrogens is 346 g/mol. The fraction of sp³-hybridized carbons (Fsp3) is 0.150. The van der Waals surface area contributed by atoms with Crippen LogP contribution in [0.5, 0.6) is 11.5 Å². The summed E-state index contributed by atoms with van der Waals surface area (Å²) in [6.07, 6.45) is 2.09. The van der Waals surface area contributed by atoms with E-state index in [1.165, 1.54) is 5.56 Å². The molecule has 5 nitrogen and oxygen atoms in total. The normalized spacial score (nSPS) is 10.9. The van der Waals surface area contributed by atoms with Crippen LogP contribution >= 0.6 is 11.3 Å². The molecule has 0 spiro atoms. The van der Waals surface area contributed by atoms with E-state index in [0.717, 1.165) is 27.7 Å². The van der Waals surface area contributed by atoms with Gasteiger partial charge in [-0.15, -0.1) is 11.3 Å². The van der Waals surface area contributed by atoms with Crippen molar-refractivity contribution in [1.29, 1.82) is 0 Å². The minimum absolute atomic E-state index is 0.681. The number of aryl methyl sites for hydroxylation is 1. The zero-order chi connectivity index (χ0) is 18.1. The fourth-order valence-corrected chi connectivity index (χ4v) is 3.62. The van der Waals surface area contributed by atoms with Crippen molar-refractivity contribution in [2.75, 3.05) is 19.5 Å². The first kappa shape index (κ1) is 16.5. The van der Waals surface area contributed by atoms with Crippen LogP contribution < -0.4 is 14.8 Å². The smallest absolute Gasteiger partial charge is 0.162 e. The largest absolute Gasteiger partial charge is 0.493 e. The van der Waals surface area contributed by atoms with E-state index in [9.17, 15) is 0 Å². The molecule has 0 saturated carbocycles. The van der Waals surface area contributed by atoms with Crippen molar-refractivity contribution in [3.63, 3.8) is 0 Å². The van der Waals surface area contributed by atoms with Crippen LogP contribution in [0.25, 0.3) is 16.2 Å². The summed E-state index contributed by atoms with van der Waals surface area (Å²) < 4.78 is 12.8. The van der Waals surface area contributed by atoms with Crippen LogP contribution in [0.2, 0.25) is 0 Å². The SMILES string of the molecule is COc1ccc(Nc2c(-c3cccs3)nc3ccc(C)cn23)cc1OC. The molecule has 132 valence electrons. The lowest BCUT2D eigenvalue weighted by Gasteiger charge is -2.12. The van der Waals surface area contributed by atoms with Crippen LogP contribution in [-0.4, -0.2) is 23.6 Å². The van der Waals surface area contributed by atoms with Gasteiger partial charge in [0.1, 0.15) is 17.2 Å². The molecule has 3 aromatic heterocycles. The van der Waals surface area contributed by atoms with Crippen LogP contribution in [0.15, 0.2) is 54.0 Å². The van der Waals surface area contributed by atoms with Crippen molar-refractivity contribution in [1.82, 2.24) is 9.38 Å². The van der Waals surface area contributed by atoms with Crippen LogP contribution in [0.3, 0.4) is 0 Å². The number of aromatic nitrogens is 2. The predicted molar refractivity (Wildman–Crippen MR) is 106 cm³/mol. The zero-order valence-electron chi connectivity index (χ0n) is 14.8. The average molecular weight is 365 g/mol. The number of nitrogens with one attached hydrogen (secondary N) is 1. The van der Waals surface area contributed by atoms with E-state index >= 15 is 0 Å². The minimum atomic E-state index is 0.681. The first-order chi connectivity index (χ1) is 12.7. The number of hydrogen-bond donors (Lipinski definition) is 1. The maximum atomic E-state index is 5.42. The maximum Gasteiger partial charge on any atom is 0.162 e. The summed E-state index contributed by atoms with van der Waals surface area (Å²) >= 11 is 1.67. The van der Waals surface area contributed by atoms with Crippen molar-refractivity contribution in [2.45, 2.75) is 6.92 Å². The number of imidazole rings is 1. The van der Waals surface area contributed by atoms with Gasteiger partial charge in [0.25, 0.3) is 0 Å². The number of thiophene rings is 1. The van der Waals surface area contributed by atoms with Gasteiger partial charge in [-0.3, -0.25) is 4.40 Å². The Bertz CT molecular complexity index is 1050. The topological polar surface area (TPSA) is 47.8 Å². The molecule has 0 atom stereocenters. The van der Waals surface area contributed by atoms with E-state index in [1.54, 1.807) is 25.6 Å². The molecule has 0 aliphatic rings. The van der Waals surface area contributed by atoms with Gasteiger partial charge in [0.2, 0.25) is 0 Å². The van der Waals surface area contributed by atoms with Crippen molar-refractivity contribution in [3.05, 3.63) is 59.6 Å². The molecule has 1 aromatic carbocycles. The quantitative estimate of drug-likeness (QED) is 0.532. The van der Waals surface area contributed by atoms with Gasteiger partial charge in [-0.2, -0.15) is 0 Å². The van der Waals surface area contributed by atoms with E-state index in [2.05, 4.69) is 40.4 Å². The minimum Gasteiger partial charge on any atom is -0.493 e. The second-order valence-corrected chi connectivity index (χ2v) is 6.86. The van der Waals surface area contributed by atoms with Gasteiger partial charge in [0, 0.05) is 18.0 Å². The second-order valence-electron chi connectivity index (χ2n) is 5.92. The van der Waals surface area contributed by atoms with E-state index in [-0.39, 0.29) is 0 Å². The van der Waals surface area contributed by atoms with Gasteiger partial charge >= 0.3 is 0 Å². The highest BCUT2D eigenvalue weighted by molar-refractivity contribution is 7.13. The third kappa shape index (κ3) is 2.88. The van der Waals surface area contributed by atoms with Gasteiger partial charge in [-0.25, -0.2) is 4.98 Å². The van der Waals surface area contributed by atoms with Crippen LogP contribution in [0.1, 0.15) is 5.56 Å². The molecule has 0 saturated heterocycles. The molecule has 26 heavy (non-hydrogen) atoms. The monoisotopic (exact) mass is 365 g/mol. The first-order valence-electron chi connectivity index (χ1n) is 8.21. The zero-order valence-corrected chi connectivity index (χ0v) is 15.6. The van der Waals surface area contributed by atoms with Gasteiger partial charge in [-0.05, 0) is 42.1 Å². The number of ether oxygens (including phenoxy) is 2. The Morgan fingerprint density at radius 1 is 1.04 bits per heavy atom. The Kier molecular flexibility index (Phi) is 4.26. The third-order valence-corrected chi connectivity index (χ3v) is 5.04. The van der Waals surface area contributed by atoms with E-state index in [1.807, 2.05) is 30.3 Å². The van der Waals surface area contributed by atoms with Crippen molar-refractivity contribution in [2.24, 2.45) is 0 Å². The fourth-order valence-electron chi connectivity index (χ4n) is 2.91. The summed E-state index contributed by atoms with van der Waals surface area (Å²) in [7, 11) is 3.27. The molecule has 4 rings (SSSR count). The Balaban J connectivity index is 1.85. The molecular formula is C20H19N3O2S. The number of hydrogen-bond acceptors (Lipinski definition) is 5. The number of rotatable bonds is 5. The van der Waals surface area contributed by atoms with Crippen molar-refractivity contribution >= 4 is 28.5 Å². The Morgan fingerprint density at radius 3 is 2.62 bits per heavy atom. The first-order valence-corrected chi connectivity index (χ1v) is 9.09. The predicted octanol–water partition coefficient (Wildman–Crippen LogP) is 5.13. The number of methoxy groups -OCH3 is 2. The summed E-state index contributed by atoms with van der Waals surface area (Å²) in [6, 6.07) is 14.0. The Labute approximate surface area is 155 Å². The molecule has 6 heteroatoms. The van der Waals surface area contributed by atoms with Crippen molar-refractivity contribution < 1.29 is 9.47 Å². The molecule has 4 aromatic rings. The molecule has 1 N–H and O–H groups in total. The Morgan fingerprint density at radius 2 is 1.88 bits per heavy atom. The standard InChI is InChI=1S/C20H19N3O2S/c1-13-6-9-18-22-19(17-5-4-10-26-17)20(23(18)12-13)21-14-7-8-15(24-2)16(11-14)25-3/h4-12,21H,1-3H3. The summed E-state index contributed by atoms with van der Waals surface area (Å²) in [5.41, 5.74) is 3.91. The van der Waals surface area contributed by atoms with Gasteiger partial charge in [0.05, 0.1) is 19.1 Å². The van der Waals surface area contributed by atoms with E-state index < -0.39 is 0 Å². The number of nitrogens with zero attached hydrogens (tertiary/aromatic N) is 2. The van der Waals surface area contributed by atoms with Gasteiger partial charge in [-0.1, -0.05) is 12.1 Å². The molecule has 0 bridgehead atoms. The number of fused-ring (bicyclic) bond motifs is 1. The van der Waals surface area contributed by atoms with Crippen LogP contribution in [0.4, 0.5) is 11.5 Å². The van der Waals surface area contributed by atoms with Crippen LogP contribution in [-0.2, 0) is 0 Å². The number of anilines is 2. The molecule has 0 radical (unpaired) electrons. The summed E-state index contributed by atoms with van der Waals surface area (Å²) in [5, 5.41) is 5.57. The van der Waals surface area contributed by atoms with Gasteiger partial charge < -0.3 is 14.8 Å². The van der Waals surface area contributed by atoms with E-state index in [4.69, 9.17) is 14.5 Å². The van der Waals surface area contributed by atoms with Crippen molar-refractivity contribution in [3.8, 4) is 22.1 Å². The highest BCUT2D eigenvalue weighted by atomic mass is 32.1. The summed E-state index contributed by atoms with van der Waals surface area (Å²) in [4.78, 5) is 5.94. The molecule has 0 aliphatic heterocycles. The third-order valence-electron chi connectivity index (χ3n) is 4.17. The molecule has 0 unspecified atom stereocenters. The highest BCUT2D eigenvalue weighted by Gasteiger charge is 2.16. The Hall–Kier alpha value is -2.99. The number of benzene rings is 1. The molecule has 0 fully saturated rings. The molecule has 0 amide bonds. The number of pyridine rings is 1. The lowest BCUT2D eigenvalue weighted by atomic mass is 10.2. The lowest BCUT2D eigenvalue weighted by molar-refractivity contribution is 0.355. The second kappa shape index (κ2) is 6.72. The highest BCUT2D eigenvalue weighted by Crippen LogP contribution is 2.36.